The molecular formula is C12H27N3O2S. The maximum atomic E-state index is 12.0. The molecule has 6 heteroatoms. The molecule has 0 aliphatic heterocycles. The lowest BCUT2D eigenvalue weighted by molar-refractivity contribution is 0.294. The van der Waals surface area contributed by atoms with Crippen molar-refractivity contribution in [2.45, 2.75) is 57.4 Å². The van der Waals surface area contributed by atoms with Crippen molar-refractivity contribution in [2.75, 3.05) is 20.1 Å². The molecule has 0 saturated heterocycles. The molecular weight excluding hydrogens is 250 g/mol. The summed E-state index contributed by atoms with van der Waals surface area (Å²) in [5.41, 5.74) is 5.87. The van der Waals surface area contributed by atoms with E-state index >= 15 is 0 Å². The van der Waals surface area contributed by atoms with Crippen LogP contribution in [0.15, 0.2) is 0 Å². The van der Waals surface area contributed by atoms with Gasteiger partial charge in [-0.1, -0.05) is 32.6 Å². The second-order valence-electron chi connectivity index (χ2n) is 5.42. The fourth-order valence-corrected chi connectivity index (χ4v) is 3.34. The molecule has 0 unspecified atom stereocenters. The molecule has 0 aromatic carbocycles. The predicted octanol–water partition coefficient (Wildman–Crippen LogP) is 1.21. The van der Waals surface area contributed by atoms with Gasteiger partial charge in [0.15, 0.2) is 0 Å². The largest absolute Gasteiger partial charge is 0.324 e. The minimum atomic E-state index is -3.37. The molecule has 3 N–H and O–H groups in total. The van der Waals surface area contributed by atoms with Gasteiger partial charge in [-0.25, -0.2) is 4.72 Å². The maximum absolute atomic E-state index is 12.0. The number of hydrogen-bond donors (Lipinski definition) is 2. The Balaban J connectivity index is 2.45. The van der Waals surface area contributed by atoms with E-state index in [0.717, 1.165) is 38.5 Å². The molecule has 1 rings (SSSR count). The second kappa shape index (κ2) is 6.84. The zero-order valence-electron chi connectivity index (χ0n) is 11.6. The molecule has 0 spiro atoms. The van der Waals surface area contributed by atoms with Gasteiger partial charge in [0.1, 0.15) is 0 Å². The summed E-state index contributed by atoms with van der Waals surface area (Å²) in [6, 6.07) is 0. The molecule has 1 aliphatic carbocycles. The van der Waals surface area contributed by atoms with Crippen LogP contribution in [-0.2, 0) is 10.2 Å². The van der Waals surface area contributed by atoms with Crippen LogP contribution in [-0.4, -0.2) is 38.4 Å². The van der Waals surface area contributed by atoms with Gasteiger partial charge in [0.2, 0.25) is 0 Å². The van der Waals surface area contributed by atoms with Crippen LogP contribution in [0.1, 0.15) is 51.9 Å². The molecule has 5 nitrogen and oxygen atoms in total. The average molecular weight is 277 g/mol. The smallest absolute Gasteiger partial charge is 0.279 e. The summed E-state index contributed by atoms with van der Waals surface area (Å²) in [6.07, 6.45) is 7.10. The highest BCUT2D eigenvalue weighted by Gasteiger charge is 2.29. The second-order valence-corrected chi connectivity index (χ2v) is 7.29. The fourth-order valence-electron chi connectivity index (χ4n) is 2.28. The zero-order valence-corrected chi connectivity index (χ0v) is 12.4. The minimum absolute atomic E-state index is 0.350. The van der Waals surface area contributed by atoms with Gasteiger partial charge in [0.25, 0.3) is 10.2 Å². The van der Waals surface area contributed by atoms with Crippen molar-refractivity contribution in [1.82, 2.24) is 9.03 Å². The number of hydrogen-bond acceptors (Lipinski definition) is 3. The van der Waals surface area contributed by atoms with Crippen LogP contribution in [0, 0.1) is 0 Å². The van der Waals surface area contributed by atoms with E-state index in [0.29, 0.717) is 13.1 Å². The summed E-state index contributed by atoms with van der Waals surface area (Å²) in [7, 11) is -1.75. The first kappa shape index (κ1) is 15.9. The van der Waals surface area contributed by atoms with Gasteiger partial charge in [-0.05, 0) is 19.3 Å². The predicted molar refractivity (Wildman–Crippen MR) is 74.5 cm³/mol. The van der Waals surface area contributed by atoms with Crippen molar-refractivity contribution in [3.63, 3.8) is 0 Å². The van der Waals surface area contributed by atoms with Crippen LogP contribution in [0.5, 0.6) is 0 Å². The Morgan fingerprint density at radius 1 is 1.28 bits per heavy atom. The van der Waals surface area contributed by atoms with Gasteiger partial charge in [0, 0.05) is 25.7 Å². The zero-order chi connectivity index (χ0) is 13.6. The summed E-state index contributed by atoms with van der Waals surface area (Å²) in [6.45, 7) is 2.96. The molecule has 108 valence electrons. The van der Waals surface area contributed by atoms with Crippen LogP contribution in [0.4, 0.5) is 0 Å². The lowest BCUT2D eigenvalue weighted by atomic mass is 9.83. The first-order valence-electron chi connectivity index (χ1n) is 6.89. The molecule has 1 saturated carbocycles. The summed E-state index contributed by atoms with van der Waals surface area (Å²) in [5, 5.41) is 0. The summed E-state index contributed by atoms with van der Waals surface area (Å²) in [4.78, 5) is 0. The van der Waals surface area contributed by atoms with Gasteiger partial charge in [-0.15, -0.1) is 0 Å². The normalized spacial score (nSPS) is 20.2. The van der Waals surface area contributed by atoms with Crippen LogP contribution in [0.25, 0.3) is 0 Å². The molecule has 1 fully saturated rings. The molecule has 0 bridgehead atoms. The number of nitrogens with two attached hydrogens (primary N) is 1. The van der Waals surface area contributed by atoms with Gasteiger partial charge >= 0.3 is 0 Å². The van der Waals surface area contributed by atoms with Crippen molar-refractivity contribution in [1.29, 1.82) is 0 Å². The number of nitrogens with one attached hydrogen (secondary N) is 1. The fraction of sp³-hybridized carbons (Fsp3) is 1.00. The van der Waals surface area contributed by atoms with E-state index < -0.39 is 10.2 Å². The van der Waals surface area contributed by atoms with Crippen LogP contribution in [0.3, 0.4) is 0 Å². The van der Waals surface area contributed by atoms with E-state index in [-0.39, 0.29) is 5.54 Å². The Morgan fingerprint density at radius 3 is 2.44 bits per heavy atom. The highest BCUT2D eigenvalue weighted by molar-refractivity contribution is 7.87. The van der Waals surface area contributed by atoms with Crippen LogP contribution in [0.2, 0.25) is 0 Å². The van der Waals surface area contributed by atoms with Crippen LogP contribution >= 0.6 is 0 Å². The van der Waals surface area contributed by atoms with Crippen molar-refractivity contribution >= 4 is 10.2 Å². The van der Waals surface area contributed by atoms with E-state index in [2.05, 4.69) is 4.72 Å². The van der Waals surface area contributed by atoms with Crippen molar-refractivity contribution < 1.29 is 8.42 Å². The topological polar surface area (TPSA) is 75.4 Å². The van der Waals surface area contributed by atoms with Gasteiger partial charge in [-0.2, -0.15) is 12.7 Å². The quantitative estimate of drug-likeness (QED) is 0.734. The summed E-state index contributed by atoms with van der Waals surface area (Å²) < 4.78 is 28.0. The number of nitrogens with zero attached hydrogens (tertiary/aromatic N) is 1. The third kappa shape index (κ3) is 4.84. The van der Waals surface area contributed by atoms with E-state index in [1.54, 1.807) is 7.05 Å². The van der Waals surface area contributed by atoms with E-state index in [1.807, 2.05) is 6.92 Å². The van der Waals surface area contributed by atoms with Crippen LogP contribution < -0.4 is 10.5 Å². The van der Waals surface area contributed by atoms with E-state index in [9.17, 15) is 8.42 Å². The highest BCUT2D eigenvalue weighted by atomic mass is 32.2. The first-order chi connectivity index (χ1) is 8.40. The monoisotopic (exact) mass is 277 g/mol. The summed E-state index contributed by atoms with van der Waals surface area (Å²) in [5.74, 6) is 0. The Labute approximate surface area is 111 Å². The van der Waals surface area contributed by atoms with Crippen molar-refractivity contribution in [2.24, 2.45) is 5.73 Å². The van der Waals surface area contributed by atoms with E-state index in [4.69, 9.17) is 5.73 Å². The Hall–Kier alpha value is -0.170. The maximum Gasteiger partial charge on any atom is 0.279 e. The third-order valence-electron chi connectivity index (χ3n) is 3.69. The third-order valence-corrected chi connectivity index (χ3v) is 5.21. The lowest BCUT2D eigenvalue weighted by Crippen LogP contribution is -2.53. The van der Waals surface area contributed by atoms with Gasteiger partial charge in [-0.3, -0.25) is 0 Å². The standard InChI is InChI=1S/C12H27N3O2S/c1-3-4-10-15(2)18(16,17)14-11-12(13)8-6-5-7-9-12/h14H,3-11,13H2,1-2H3. The molecule has 0 aromatic heterocycles. The number of rotatable bonds is 7. The molecule has 18 heavy (non-hydrogen) atoms. The molecule has 0 aromatic rings. The molecule has 0 atom stereocenters. The Kier molecular flexibility index (Phi) is 6.04. The molecule has 1 aliphatic rings. The van der Waals surface area contributed by atoms with Crippen molar-refractivity contribution in [3.05, 3.63) is 0 Å². The molecule has 0 amide bonds. The Bertz CT molecular complexity index is 337. The lowest BCUT2D eigenvalue weighted by Gasteiger charge is -2.34. The summed E-state index contributed by atoms with van der Waals surface area (Å²) >= 11 is 0. The molecule has 0 heterocycles. The minimum Gasteiger partial charge on any atom is -0.324 e. The average Bonchev–Trinajstić information content (AvgIpc) is 2.35. The van der Waals surface area contributed by atoms with Crippen molar-refractivity contribution in [3.8, 4) is 0 Å². The highest BCUT2D eigenvalue weighted by Crippen LogP contribution is 2.25. The van der Waals surface area contributed by atoms with Gasteiger partial charge in [0.05, 0.1) is 0 Å². The SMILES string of the molecule is CCCCN(C)S(=O)(=O)NCC1(N)CCCCC1. The van der Waals surface area contributed by atoms with Gasteiger partial charge < -0.3 is 5.73 Å². The Morgan fingerprint density at radius 2 is 1.89 bits per heavy atom. The van der Waals surface area contributed by atoms with E-state index in [1.165, 1.54) is 10.7 Å². The molecule has 0 radical (unpaired) electrons. The first-order valence-corrected chi connectivity index (χ1v) is 8.33. The number of unbranched alkanes of at least 4 members (excludes halogenated alkanes) is 1.